The first-order valence-corrected chi connectivity index (χ1v) is 6.65. The Bertz CT molecular complexity index is 397. The number of hydrogen-bond acceptors (Lipinski definition) is 3. The number of methoxy groups -OCH3 is 2. The van der Waals surface area contributed by atoms with E-state index in [1.807, 2.05) is 7.05 Å². The van der Waals surface area contributed by atoms with Crippen LogP contribution in [0.4, 0.5) is 4.39 Å². The van der Waals surface area contributed by atoms with Gasteiger partial charge in [0.1, 0.15) is 0 Å². The van der Waals surface area contributed by atoms with Crippen molar-refractivity contribution >= 4 is 0 Å². The first-order chi connectivity index (χ1) is 9.10. The lowest BCUT2D eigenvalue weighted by molar-refractivity contribution is -0.0476. The van der Waals surface area contributed by atoms with E-state index in [0.29, 0.717) is 5.56 Å². The summed E-state index contributed by atoms with van der Waals surface area (Å²) in [4.78, 5) is 0. The topological polar surface area (TPSA) is 30.5 Å². The first-order valence-electron chi connectivity index (χ1n) is 6.65. The Morgan fingerprint density at radius 3 is 2.32 bits per heavy atom. The van der Waals surface area contributed by atoms with Crippen molar-refractivity contribution < 1.29 is 13.9 Å². The fourth-order valence-electron chi connectivity index (χ4n) is 2.68. The molecule has 4 heteroatoms. The average molecular weight is 269 g/mol. The van der Waals surface area contributed by atoms with Crippen molar-refractivity contribution in [1.29, 1.82) is 0 Å². The number of hydrogen-bond donors (Lipinski definition) is 1. The number of rotatable bonds is 7. The minimum atomic E-state index is -0.429. The maximum absolute atomic E-state index is 14.4. The van der Waals surface area contributed by atoms with Gasteiger partial charge in [-0.2, -0.15) is 0 Å². The Morgan fingerprint density at radius 2 is 1.89 bits per heavy atom. The van der Waals surface area contributed by atoms with Crippen molar-refractivity contribution in [3.8, 4) is 5.75 Å². The third-order valence-electron chi connectivity index (χ3n) is 3.94. The van der Waals surface area contributed by atoms with Gasteiger partial charge in [-0.15, -0.1) is 0 Å². The lowest BCUT2D eigenvalue weighted by atomic mass is 9.83. The highest BCUT2D eigenvalue weighted by atomic mass is 19.1. The van der Waals surface area contributed by atoms with Crippen LogP contribution in [0.3, 0.4) is 0 Å². The second-order valence-corrected chi connectivity index (χ2v) is 4.56. The number of benzene rings is 1. The summed E-state index contributed by atoms with van der Waals surface area (Å²) in [5.41, 5.74) is 0.148. The van der Waals surface area contributed by atoms with E-state index in [4.69, 9.17) is 9.47 Å². The number of halogens is 1. The third kappa shape index (κ3) is 2.90. The van der Waals surface area contributed by atoms with Crippen LogP contribution in [-0.4, -0.2) is 26.9 Å². The van der Waals surface area contributed by atoms with Crippen LogP contribution < -0.4 is 10.1 Å². The molecule has 0 spiro atoms. The quantitative estimate of drug-likeness (QED) is 0.824. The van der Waals surface area contributed by atoms with Gasteiger partial charge in [0.2, 0.25) is 0 Å². The van der Waals surface area contributed by atoms with Crippen LogP contribution in [-0.2, 0) is 4.74 Å². The molecule has 19 heavy (non-hydrogen) atoms. The molecule has 1 unspecified atom stereocenters. The third-order valence-corrected chi connectivity index (χ3v) is 3.94. The van der Waals surface area contributed by atoms with Crippen LogP contribution in [0.5, 0.6) is 5.75 Å². The van der Waals surface area contributed by atoms with E-state index >= 15 is 0 Å². The summed E-state index contributed by atoms with van der Waals surface area (Å²) in [5, 5.41) is 3.18. The Labute approximate surface area is 115 Å². The molecule has 1 aromatic carbocycles. The van der Waals surface area contributed by atoms with E-state index in [9.17, 15) is 4.39 Å². The van der Waals surface area contributed by atoms with E-state index in [1.54, 1.807) is 25.3 Å². The van der Waals surface area contributed by atoms with Crippen LogP contribution in [0.2, 0.25) is 0 Å². The zero-order chi connectivity index (χ0) is 14.5. The minimum Gasteiger partial charge on any atom is -0.494 e. The minimum absolute atomic E-state index is 0.220. The maximum Gasteiger partial charge on any atom is 0.169 e. The van der Waals surface area contributed by atoms with Gasteiger partial charge in [-0.05, 0) is 26.0 Å². The average Bonchev–Trinajstić information content (AvgIpc) is 2.46. The van der Waals surface area contributed by atoms with Crippen molar-refractivity contribution in [3.05, 3.63) is 29.6 Å². The highest BCUT2D eigenvalue weighted by Crippen LogP contribution is 2.37. The summed E-state index contributed by atoms with van der Waals surface area (Å²) in [5.74, 6) is -0.0670. The van der Waals surface area contributed by atoms with Crippen LogP contribution in [0.1, 0.15) is 38.3 Å². The standard InChI is InChI=1S/C15H24FNO2/c1-6-15(7-2,19-5)14(17-3)11-9-8-10-12(18-4)13(11)16/h8-10,14,17H,6-7H2,1-5H3. The molecule has 0 saturated heterocycles. The molecule has 0 bridgehead atoms. The largest absolute Gasteiger partial charge is 0.494 e. The van der Waals surface area contributed by atoms with E-state index in [1.165, 1.54) is 7.11 Å². The molecule has 0 aliphatic carbocycles. The Kier molecular flexibility index (Phi) is 5.76. The highest BCUT2D eigenvalue weighted by molar-refractivity contribution is 5.34. The SMILES string of the molecule is CCC(CC)(OC)C(NC)c1cccc(OC)c1F. The van der Waals surface area contributed by atoms with Crippen molar-refractivity contribution in [2.75, 3.05) is 21.3 Å². The van der Waals surface area contributed by atoms with Gasteiger partial charge in [0, 0.05) is 12.7 Å². The predicted molar refractivity (Wildman–Crippen MR) is 75.1 cm³/mol. The summed E-state index contributed by atoms with van der Waals surface area (Å²) < 4.78 is 25.2. The summed E-state index contributed by atoms with van der Waals surface area (Å²) in [6.07, 6.45) is 1.59. The zero-order valence-corrected chi connectivity index (χ0v) is 12.4. The monoisotopic (exact) mass is 269 g/mol. The van der Waals surface area contributed by atoms with Gasteiger partial charge in [0.25, 0.3) is 0 Å². The van der Waals surface area contributed by atoms with E-state index in [-0.39, 0.29) is 17.6 Å². The summed E-state index contributed by atoms with van der Waals surface area (Å²) >= 11 is 0. The fraction of sp³-hybridized carbons (Fsp3) is 0.600. The molecule has 0 aliphatic rings. The summed E-state index contributed by atoms with van der Waals surface area (Å²) in [7, 11) is 4.97. The summed E-state index contributed by atoms with van der Waals surface area (Å²) in [6, 6.07) is 4.98. The van der Waals surface area contributed by atoms with E-state index in [2.05, 4.69) is 19.2 Å². The maximum atomic E-state index is 14.4. The van der Waals surface area contributed by atoms with Crippen LogP contribution in [0.15, 0.2) is 18.2 Å². The molecule has 0 radical (unpaired) electrons. The second-order valence-electron chi connectivity index (χ2n) is 4.56. The molecule has 1 N–H and O–H groups in total. The van der Waals surface area contributed by atoms with Crippen molar-refractivity contribution in [3.63, 3.8) is 0 Å². The van der Waals surface area contributed by atoms with Gasteiger partial charge >= 0.3 is 0 Å². The van der Waals surface area contributed by atoms with Gasteiger partial charge in [0.05, 0.1) is 18.8 Å². The molecular formula is C15H24FNO2. The fourth-order valence-corrected chi connectivity index (χ4v) is 2.68. The molecule has 0 fully saturated rings. The smallest absolute Gasteiger partial charge is 0.169 e. The zero-order valence-electron chi connectivity index (χ0n) is 12.4. The molecule has 0 aliphatic heterocycles. The molecule has 0 amide bonds. The lowest BCUT2D eigenvalue weighted by Gasteiger charge is -2.38. The summed E-state index contributed by atoms with van der Waals surface area (Å²) in [6.45, 7) is 4.10. The van der Waals surface area contributed by atoms with E-state index in [0.717, 1.165) is 12.8 Å². The van der Waals surface area contributed by atoms with Crippen molar-refractivity contribution in [2.45, 2.75) is 38.3 Å². The number of likely N-dealkylation sites (N-methyl/N-ethyl adjacent to an activating group) is 1. The first kappa shape index (κ1) is 15.9. The van der Waals surface area contributed by atoms with Gasteiger partial charge < -0.3 is 14.8 Å². The van der Waals surface area contributed by atoms with Gasteiger partial charge in [-0.3, -0.25) is 0 Å². The van der Waals surface area contributed by atoms with Crippen LogP contribution in [0.25, 0.3) is 0 Å². The van der Waals surface area contributed by atoms with Crippen LogP contribution >= 0.6 is 0 Å². The lowest BCUT2D eigenvalue weighted by Crippen LogP contribution is -2.44. The molecule has 0 aromatic heterocycles. The predicted octanol–water partition coefficient (Wildman–Crippen LogP) is 3.30. The molecule has 108 valence electrons. The second kappa shape index (κ2) is 6.87. The molecule has 1 atom stereocenters. The number of ether oxygens (including phenoxy) is 2. The highest BCUT2D eigenvalue weighted by Gasteiger charge is 2.37. The molecular weight excluding hydrogens is 245 g/mol. The molecule has 0 heterocycles. The molecule has 0 saturated carbocycles. The Morgan fingerprint density at radius 1 is 1.26 bits per heavy atom. The molecule has 1 aromatic rings. The Balaban J connectivity index is 3.30. The molecule has 3 nitrogen and oxygen atoms in total. The van der Waals surface area contributed by atoms with Crippen molar-refractivity contribution in [1.82, 2.24) is 5.32 Å². The normalized spacial score (nSPS) is 13.4. The van der Waals surface area contributed by atoms with Crippen LogP contribution in [0, 0.1) is 5.82 Å². The van der Waals surface area contributed by atoms with E-state index < -0.39 is 5.60 Å². The van der Waals surface area contributed by atoms with Gasteiger partial charge in [-0.25, -0.2) is 4.39 Å². The van der Waals surface area contributed by atoms with Gasteiger partial charge in [0.15, 0.2) is 11.6 Å². The van der Waals surface area contributed by atoms with Crippen molar-refractivity contribution in [2.24, 2.45) is 0 Å². The number of nitrogens with one attached hydrogen (secondary N) is 1. The molecule has 1 rings (SSSR count). The van der Waals surface area contributed by atoms with Gasteiger partial charge in [-0.1, -0.05) is 26.0 Å². The Hall–Kier alpha value is -1.13.